The van der Waals surface area contributed by atoms with Crippen LogP contribution in [0.4, 0.5) is 5.69 Å². The molecule has 0 bridgehead atoms. The first kappa shape index (κ1) is 15.3. The van der Waals surface area contributed by atoms with Crippen LogP contribution in [-0.4, -0.2) is 25.8 Å². The Hall–Kier alpha value is -1.07. The second-order valence-corrected chi connectivity index (χ2v) is 8.00. The summed E-state index contributed by atoms with van der Waals surface area (Å²) in [5.41, 5.74) is 8.32. The van der Waals surface area contributed by atoms with Crippen LogP contribution >= 0.6 is 0 Å². The number of nitrogen functional groups attached to an aromatic ring is 1. The molecular weight excluding hydrogens is 272 g/mol. The van der Waals surface area contributed by atoms with E-state index in [2.05, 4.69) is 13.8 Å². The summed E-state index contributed by atoms with van der Waals surface area (Å²) in [7, 11) is -3.43. The highest BCUT2D eigenvalue weighted by Gasteiger charge is 2.32. The Morgan fingerprint density at radius 1 is 1.20 bits per heavy atom. The molecule has 0 amide bonds. The molecule has 1 aliphatic heterocycles. The lowest BCUT2D eigenvalue weighted by Gasteiger charge is -2.34. The van der Waals surface area contributed by atoms with E-state index in [0.29, 0.717) is 35.5 Å². The van der Waals surface area contributed by atoms with E-state index in [9.17, 15) is 8.42 Å². The van der Waals surface area contributed by atoms with Crippen molar-refractivity contribution in [1.29, 1.82) is 0 Å². The van der Waals surface area contributed by atoms with Crippen LogP contribution in [0.25, 0.3) is 0 Å². The highest BCUT2D eigenvalue weighted by atomic mass is 32.2. The fourth-order valence-corrected chi connectivity index (χ4v) is 4.27. The van der Waals surface area contributed by atoms with Gasteiger partial charge in [-0.05, 0) is 55.4 Å². The minimum atomic E-state index is -3.43. The lowest BCUT2D eigenvalue weighted by atomic mass is 9.90. The molecule has 2 unspecified atom stereocenters. The van der Waals surface area contributed by atoms with E-state index in [1.165, 1.54) is 0 Å². The maximum absolute atomic E-state index is 12.7. The summed E-state index contributed by atoms with van der Waals surface area (Å²) in [6.45, 7) is 9.29. The molecule has 0 aliphatic carbocycles. The summed E-state index contributed by atoms with van der Waals surface area (Å²) in [6.07, 6.45) is 0.917. The van der Waals surface area contributed by atoms with Gasteiger partial charge in [0, 0.05) is 18.8 Å². The third-order valence-electron chi connectivity index (χ3n) is 4.62. The molecule has 0 radical (unpaired) electrons. The van der Waals surface area contributed by atoms with Crippen molar-refractivity contribution in [2.45, 2.75) is 39.0 Å². The molecule has 1 aromatic rings. The largest absolute Gasteiger partial charge is 0.398 e. The standard InChI is InChI=1S/C15H24N2O2S/c1-10-5-6-17(9-12(10)3)20(18,19)14-7-11(2)13(4)15(16)8-14/h7-8,10,12H,5-6,9,16H2,1-4H3. The van der Waals surface area contributed by atoms with Crippen molar-refractivity contribution < 1.29 is 8.42 Å². The van der Waals surface area contributed by atoms with Crippen LogP contribution in [0.1, 0.15) is 31.4 Å². The number of rotatable bonds is 2. The first-order valence-electron chi connectivity index (χ1n) is 7.10. The van der Waals surface area contributed by atoms with E-state index < -0.39 is 10.0 Å². The lowest BCUT2D eigenvalue weighted by molar-refractivity contribution is 0.212. The molecule has 0 saturated carbocycles. The Kier molecular flexibility index (Phi) is 4.12. The van der Waals surface area contributed by atoms with Gasteiger partial charge in [0.05, 0.1) is 4.90 Å². The quantitative estimate of drug-likeness (QED) is 0.853. The average Bonchev–Trinajstić information content (AvgIpc) is 2.38. The van der Waals surface area contributed by atoms with Gasteiger partial charge in [0.25, 0.3) is 0 Å². The van der Waals surface area contributed by atoms with Gasteiger partial charge in [0.2, 0.25) is 10.0 Å². The fourth-order valence-electron chi connectivity index (χ4n) is 2.59. The Labute approximate surface area is 122 Å². The van der Waals surface area contributed by atoms with E-state index >= 15 is 0 Å². The van der Waals surface area contributed by atoms with Crippen LogP contribution in [0.2, 0.25) is 0 Å². The Bertz CT molecular complexity index is 587. The number of benzene rings is 1. The van der Waals surface area contributed by atoms with Gasteiger partial charge in [0.15, 0.2) is 0 Å². The van der Waals surface area contributed by atoms with Crippen LogP contribution in [0, 0.1) is 25.7 Å². The second kappa shape index (κ2) is 5.37. The summed E-state index contributed by atoms with van der Waals surface area (Å²) in [4.78, 5) is 0.319. The zero-order chi connectivity index (χ0) is 15.1. The predicted octanol–water partition coefficient (Wildman–Crippen LogP) is 2.55. The number of sulfonamides is 1. The van der Waals surface area contributed by atoms with Gasteiger partial charge in [-0.2, -0.15) is 4.31 Å². The second-order valence-electron chi connectivity index (χ2n) is 6.06. The monoisotopic (exact) mass is 296 g/mol. The number of aryl methyl sites for hydroxylation is 1. The zero-order valence-corrected chi connectivity index (χ0v) is 13.5. The van der Waals surface area contributed by atoms with Gasteiger partial charge >= 0.3 is 0 Å². The van der Waals surface area contributed by atoms with E-state index in [-0.39, 0.29) is 0 Å². The van der Waals surface area contributed by atoms with Crippen LogP contribution in [-0.2, 0) is 10.0 Å². The molecule has 2 atom stereocenters. The van der Waals surface area contributed by atoms with Crippen LogP contribution < -0.4 is 5.73 Å². The van der Waals surface area contributed by atoms with E-state index in [4.69, 9.17) is 5.73 Å². The van der Waals surface area contributed by atoms with E-state index in [0.717, 1.165) is 17.5 Å². The maximum Gasteiger partial charge on any atom is 0.243 e. The van der Waals surface area contributed by atoms with Crippen molar-refractivity contribution in [2.75, 3.05) is 18.8 Å². The molecule has 2 rings (SSSR count). The van der Waals surface area contributed by atoms with Crippen LogP contribution in [0.15, 0.2) is 17.0 Å². The number of anilines is 1. The Morgan fingerprint density at radius 3 is 2.40 bits per heavy atom. The molecule has 1 heterocycles. The number of piperidine rings is 1. The first-order chi connectivity index (χ1) is 9.23. The number of hydrogen-bond acceptors (Lipinski definition) is 3. The normalized spacial score (nSPS) is 24.8. The van der Waals surface area contributed by atoms with Crippen molar-refractivity contribution in [1.82, 2.24) is 4.31 Å². The van der Waals surface area contributed by atoms with Crippen molar-refractivity contribution in [3.63, 3.8) is 0 Å². The third kappa shape index (κ3) is 2.69. The average molecular weight is 296 g/mol. The molecule has 1 saturated heterocycles. The van der Waals surface area contributed by atoms with Crippen molar-refractivity contribution in [2.24, 2.45) is 11.8 Å². The first-order valence-corrected chi connectivity index (χ1v) is 8.54. The van der Waals surface area contributed by atoms with Crippen molar-refractivity contribution >= 4 is 15.7 Å². The molecule has 5 heteroatoms. The molecular formula is C15H24N2O2S. The summed E-state index contributed by atoms with van der Waals surface area (Å²) >= 11 is 0. The summed E-state index contributed by atoms with van der Waals surface area (Å²) < 4.78 is 27.0. The minimum Gasteiger partial charge on any atom is -0.398 e. The van der Waals surface area contributed by atoms with Gasteiger partial charge < -0.3 is 5.73 Å². The fraction of sp³-hybridized carbons (Fsp3) is 0.600. The molecule has 4 nitrogen and oxygen atoms in total. The van der Waals surface area contributed by atoms with Gasteiger partial charge in [-0.3, -0.25) is 0 Å². The van der Waals surface area contributed by atoms with E-state index in [1.807, 2.05) is 13.8 Å². The minimum absolute atomic E-state index is 0.319. The summed E-state index contributed by atoms with van der Waals surface area (Å²) in [5, 5.41) is 0. The predicted molar refractivity (Wildman–Crippen MR) is 82.0 cm³/mol. The molecule has 0 spiro atoms. The molecule has 1 aromatic carbocycles. The highest BCUT2D eigenvalue weighted by molar-refractivity contribution is 7.89. The molecule has 20 heavy (non-hydrogen) atoms. The lowest BCUT2D eigenvalue weighted by Crippen LogP contribution is -2.42. The smallest absolute Gasteiger partial charge is 0.243 e. The summed E-state index contributed by atoms with van der Waals surface area (Å²) in [5.74, 6) is 0.966. The van der Waals surface area contributed by atoms with Crippen molar-refractivity contribution in [3.8, 4) is 0 Å². The molecule has 2 N–H and O–H groups in total. The van der Waals surface area contributed by atoms with Gasteiger partial charge in [-0.15, -0.1) is 0 Å². The van der Waals surface area contributed by atoms with Gasteiger partial charge in [-0.25, -0.2) is 8.42 Å². The number of hydrogen-bond donors (Lipinski definition) is 1. The van der Waals surface area contributed by atoms with Gasteiger partial charge in [-0.1, -0.05) is 13.8 Å². The Balaban J connectivity index is 2.36. The molecule has 112 valence electrons. The zero-order valence-electron chi connectivity index (χ0n) is 12.7. The van der Waals surface area contributed by atoms with Gasteiger partial charge in [0.1, 0.15) is 0 Å². The topological polar surface area (TPSA) is 63.4 Å². The highest BCUT2D eigenvalue weighted by Crippen LogP contribution is 2.29. The number of nitrogens with zero attached hydrogens (tertiary/aromatic N) is 1. The SMILES string of the molecule is Cc1cc(S(=O)(=O)N2CCC(C)C(C)C2)cc(N)c1C. The molecule has 0 aromatic heterocycles. The van der Waals surface area contributed by atoms with Crippen LogP contribution in [0.3, 0.4) is 0 Å². The maximum atomic E-state index is 12.7. The number of nitrogens with two attached hydrogens (primary N) is 1. The third-order valence-corrected chi connectivity index (χ3v) is 6.46. The van der Waals surface area contributed by atoms with Crippen LogP contribution in [0.5, 0.6) is 0 Å². The Morgan fingerprint density at radius 2 is 1.85 bits per heavy atom. The molecule has 1 aliphatic rings. The van der Waals surface area contributed by atoms with Crippen molar-refractivity contribution in [3.05, 3.63) is 23.3 Å². The summed E-state index contributed by atoms with van der Waals surface area (Å²) in [6, 6.07) is 3.31. The van der Waals surface area contributed by atoms with E-state index in [1.54, 1.807) is 16.4 Å². The molecule has 1 fully saturated rings.